The van der Waals surface area contributed by atoms with Crippen molar-refractivity contribution in [2.45, 2.75) is 39.0 Å². The first kappa shape index (κ1) is 10.6. The first-order valence-corrected chi connectivity index (χ1v) is 5.84. The van der Waals surface area contributed by atoms with E-state index in [-0.39, 0.29) is 0 Å². The van der Waals surface area contributed by atoms with Crippen LogP contribution >= 0.6 is 0 Å². The SMILES string of the molecule is CCCNCCc1nnc(C2CC2C)o1. The van der Waals surface area contributed by atoms with Crippen LogP contribution in [0.2, 0.25) is 0 Å². The van der Waals surface area contributed by atoms with Gasteiger partial charge in [0.15, 0.2) is 0 Å². The van der Waals surface area contributed by atoms with Gasteiger partial charge in [0.25, 0.3) is 0 Å². The fraction of sp³-hybridized carbons (Fsp3) is 0.818. The molecule has 0 saturated heterocycles. The molecule has 0 radical (unpaired) electrons. The maximum Gasteiger partial charge on any atom is 0.219 e. The van der Waals surface area contributed by atoms with E-state index in [1.54, 1.807) is 0 Å². The Morgan fingerprint density at radius 3 is 2.87 bits per heavy atom. The average Bonchev–Trinajstić information content (AvgIpc) is 2.80. The van der Waals surface area contributed by atoms with Crippen molar-refractivity contribution in [2.75, 3.05) is 13.1 Å². The lowest BCUT2D eigenvalue weighted by molar-refractivity contribution is 0.441. The molecule has 0 aromatic carbocycles. The summed E-state index contributed by atoms with van der Waals surface area (Å²) in [5.74, 6) is 2.88. The van der Waals surface area contributed by atoms with Crippen molar-refractivity contribution in [3.8, 4) is 0 Å². The maximum atomic E-state index is 5.60. The number of hydrogen-bond donors (Lipinski definition) is 1. The third kappa shape index (κ3) is 2.78. The van der Waals surface area contributed by atoms with Crippen LogP contribution in [0.25, 0.3) is 0 Å². The summed E-state index contributed by atoms with van der Waals surface area (Å²) in [6.45, 7) is 6.36. The van der Waals surface area contributed by atoms with Gasteiger partial charge >= 0.3 is 0 Å². The quantitative estimate of drug-likeness (QED) is 0.725. The molecule has 4 heteroatoms. The molecular weight excluding hydrogens is 190 g/mol. The van der Waals surface area contributed by atoms with Gasteiger partial charge in [-0.1, -0.05) is 13.8 Å². The topological polar surface area (TPSA) is 51.0 Å². The van der Waals surface area contributed by atoms with Gasteiger partial charge in [0, 0.05) is 18.9 Å². The molecule has 2 atom stereocenters. The third-order valence-corrected chi connectivity index (χ3v) is 2.85. The van der Waals surface area contributed by atoms with E-state index in [1.165, 1.54) is 6.42 Å². The van der Waals surface area contributed by atoms with Crippen LogP contribution in [0, 0.1) is 5.92 Å². The smallest absolute Gasteiger partial charge is 0.219 e. The summed E-state index contributed by atoms with van der Waals surface area (Å²) in [7, 11) is 0. The maximum absolute atomic E-state index is 5.60. The Hall–Kier alpha value is -0.900. The van der Waals surface area contributed by atoms with Crippen molar-refractivity contribution in [1.29, 1.82) is 0 Å². The summed E-state index contributed by atoms with van der Waals surface area (Å²) in [4.78, 5) is 0. The molecule has 1 saturated carbocycles. The molecule has 0 aliphatic heterocycles. The van der Waals surface area contributed by atoms with Crippen LogP contribution in [-0.2, 0) is 6.42 Å². The van der Waals surface area contributed by atoms with Crippen LogP contribution in [-0.4, -0.2) is 23.3 Å². The molecule has 1 heterocycles. The molecule has 2 unspecified atom stereocenters. The Bertz CT molecular complexity index is 311. The molecule has 0 bridgehead atoms. The van der Waals surface area contributed by atoms with Gasteiger partial charge in [0.05, 0.1) is 0 Å². The van der Waals surface area contributed by atoms with Gasteiger partial charge in [0.1, 0.15) is 0 Å². The molecule has 0 spiro atoms. The predicted octanol–water partition coefficient (Wildman–Crippen LogP) is 1.74. The van der Waals surface area contributed by atoms with Crippen LogP contribution in [0.4, 0.5) is 0 Å². The van der Waals surface area contributed by atoms with Crippen molar-refractivity contribution < 1.29 is 4.42 Å². The Balaban J connectivity index is 1.75. The van der Waals surface area contributed by atoms with E-state index in [4.69, 9.17) is 4.42 Å². The first-order chi connectivity index (χ1) is 7.31. The molecular formula is C11H19N3O. The Labute approximate surface area is 90.5 Å². The Morgan fingerprint density at radius 1 is 1.40 bits per heavy atom. The summed E-state index contributed by atoms with van der Waals surface area (Å²) < 4.78 is 5.60. The van der Waals surface area contributed by atoms with Gasteiger partial charge in [-0.3, -0.25) is 0 Å². The number of rotatable bonds is 6. The van der Waals surface area contributed by atoms with Gasteiger partial charge in [0.2, 0.25) is 11.8 Å². The molecule has 1 aromatic rings. The Morgan fingerprint density at radius 2 is 2.20 bits per heavy atom. The van der Waals surface area contributed by atoms with E-state index in [2.05, 4.69) is 29.4 Å². The number of nitrogens with zero attached hydrogens (tertiary/aromatic N) is 2. The molecule has 0 amide bonds. The molecule has 84 valence electrons. The average molecular weight is 209 g/mol. The fourth-order valence-corrected chi connectivity index (χ4v) is 1.68. The highest BCUT2D eigenvalue weighted by Crippen LogP contribution is 2.46. The van der Waals surface area contributed by atoms with Crippen molar-refractivity contribution in [1.82, 2.24) is 15.5 Å². The van der Waals surface area contributed by atoms with E-state index in [1.807, 2.05) is 0 Å². The van der Waals surface area contributed by atoms with Crippen LogP contribution in [0.3, 0.4) is 0 Å². The van der Waals surface area contributed by atoms with Gasteiger partial charge in [-0.15, -0.1) is 10.2 Å². The molecule has 4 nitrogen and oxygen atoms in total. The monoisotopic (exact) mass is 209 g/mol. The second-order valence-corrected chi connectivity index (χ2v) is 4.35. The van der Waals surface area contributed by atoms with E-state index in [9.17, 15) is 0 Å². The van der Waals surface area contributed by atoms with Crippen molar-refractivity contribution in [3.63, 3.8) is 0 Å². The van der Waals surface area contributed by atoms with Crippen LogP contribution in [0.1, 0.15) is 44.4 Å². The molecule has 1 aliphatic carbocycles. The third-order valence-electron chi connectivity index (χ3n) is 2.85. The molecule has 1 aromatic heterocycles. The minimum absolute atomic E-state index is 0.537. The molecule has 1 aliphatic rings. The van der Waals surface area contributed by atoms with Crippen molar-refractivity contribution in [2.24, 2.45) is 5.92 Å². The molecule has 2 rings (SSSR count). The van der Waals surface area contributed by atoms with E-state index >= 15 is 0 Å². The molecule has 1 N–H and O–H groups in total. The highest BCUT2D eigenvalue weighted by atomic mass is 16.4. The lowest BCUT2D eigenvalue weighted by Crippen LogP contribution is -2.17. The number of aromatic nitrogens is 2. The van der Waals surface area contributed by atoms with E-state index in [0.29, 0.717) is 5.92 Å². The zero-order valence-corrected chi connectivity index (χ0v) is 9.49. The zero-order chi connectivity index (χ0) is 10.7. The molecule has 15 heavy (non-hydrogen) atoms. The standard InChI is InChI=1S/C11H19N3O/c1-3-5-12-6-4-10-13-14-11(15-10)9-7-8(9)2/h8-9,12H,3-7H2,1-2H3. The molecule has 1 fully saturated rings. The van der Waals surface area contributed by atoms with Gasteiger partial charge in [-0.05, 0) is 25.3 Å². The second-order valence-electron chi connectivity index (χ2n) is 4.35. The van der Waals surface area contributed by atoms with Gasteiger partial charge in [-0.2, -0.15) is 0 Å². The summed E-state index contributed by atoms with van der Waals surface area (Å²) in [5.41, 5.74) is 0. The first-order valence-electron chi connectivity index (χ1n) is 5.84. The van der Waals surface area contributed by atoms with Crippen LogP contribution < -0.4 is 5.32 Å². The summed E-state index contributed by atoms with van der Waals surface area (Å²) in [6, 6.07) is 0. The van der Waals surface area contributed by atoms with E-state index in [0.717, 1.165) is 43.6 Å². The van der Waals surface area contributed by atoms with Crippen LogP contribution in [0.5, 0.6) is 0 Å². The predicted molar refractivity (Wildman–Crippen MR) is 57.7 cm³/mol. The van der Waals surface area contributed by atoms with Crippen LogP contribution in [0.15, 0.2) is 4.42 Å². The zero-order valence-electron chi connectivity index (χ0n) is 9.49. The number of hydrogen-bond acceptors (Lipinski definition) is 4. The second kappa shape index (κ2) is 4.75. The fourth-order valence-electron chi connectivity index (χ4n) is 1.68. The van der Waals surface area contributed by atoms with Gasteiger partial charge in [-0.25, -0.2) is 0 Å². The lowest BCUT2D eigenvalue weighted by Gasteiger charge is -1.98. The normalized spacial score (nSPS) is 24.4. The van der Waals surface area contributed by atoms with E-state index < -0.39 is 0 Å². The highest BCUT2D eigenvalue weighted by Gasteiger charge is 2.38. The summed E-state index contributed by atoms with van der Waals surface area (Å²) >= 11 is 0. The van der Waals surface area contributed by atoms with Gasteiger partial charge < -0.3 is 9.73 Å². The lowest BCUT2D eigenvalue weighted by atomic mass is 10.3. The largest absolute Gasteiger partial charge is 0.425 e. The summed E-state index contributed by atoms with van der Waals surface area (Å²) in [5, 5.41) is 11.5. The number of nitrogens with one attached hydrogen (secondary N) is 1. The minimum Gasteiger partial charge on any atom is -0.425 e. The minimum atomic E-state index is 0.537. The summed E-state index contributed by atoms with van der Waals surface area (Å²) in [6.07, 6.45) is 3.21. The van der Waals surface area contributed by atoms with Crippen molar-refractivity contribution >= 4 is 0 Å². The van der Waals surface area contributed by atoms with Crippen molar-refractivity contribution in [3.05, 3.63) is 11.8 Å². The highest BCUT2D eigenvalue weighted by molar-refractivity contribution is 5.04. The Kier molecular flexibility index (Phi) is 3.36.